The number of rotatable bonds is 10. The molecule has 0 saturated heterocycles. The van der Waals surface area contributed by atoms with Crippen LogP contribution in [0.1, 0.15) is 28.2 Å². The van der Waals surface area contributed by atoms with Gasteiger partial charge in [-0.1, -0.05) is 23.7 Å². The van der Waals surface area contributed by atoms with E-state index in [9.17, 15) is 23.1 Å². The monoisotopic (exact) mass is 567 g/mol. The summed E-state index contributed by atoms with van der Waals surface area (Å²) in [5.74, 6) is -0.636. The fourth-order valence-corrected chi connectivity index (χ4v) is 5.06. The van der Waals surface area contributed by atoms with Gasteiger partial charge in [-0.05, 0) is 36.1 Å². The highest BCUT2D eigenvalue weighted by atomic mass is 35.5. The van der Waals surface area contributed by atoms with Crippen molar-refractivity contribution < 1.29 is 37.7 Å². The van der Waals surface area contributed by atoms with Crippen LogP contribution in [-0.4, -0.2) is 31.3 Å². The smallest absolute Gasteiger partial charge is 0.425 e. The third-order valence-electron chi connectivity index (χ3n) is 5.70. The minimum absolute atomic E-state index is 0.0471. The van der Waals surface area contributed by atoms with Crippen molar-refractivity contribution in [3.05, 3.63) is 74.8 Å². The van der Waals surface area contributed by atoms with Crippen LogP contribution in [0.2, 0.25) is 5.02 Å². The van der Waals surface area contributed by atoms with Gasteiger partial charge in [-0.3, -0.25) is 4.79 Å². The van der Waals surface area contributed by atoms with Gasteiger partial charge < -0.3 is 29.9 Å². The number of hydrogen-bond acceptors (Lipinski definition) is 7. The topological polar surface area (TPSA) is 94.1 Å². The molecule has 0 radical (unpaired) electrons. The number of halogens is 4. The normalized spacial score (nSPS) is 13.7. The summed E-state index contributed by atoms with van der Waals surface area (Å²) in [6, 6.07) is 12.4. The number of ether oxygens (including phenoxy) is 2. The zero-order valence-electron chi connectivity index (χ0n) is 20.1. The van der Waals surface area contributed by atoms with Gasteiger partial charge in [0, 0.05) is 53.2 Å². The molecule has 12 heteroatoms. The Labute approximate surface area is 225 Å². The Bertz CT molecular complexity index is 1340. The predicted molar refractivity (Wildman–Crippen MR) is 138 cm³/mol. The Morgan fingerprint density at radius 2 is 1.89 bits per heavy atom. The van der Waals surface area contributed by atoms with Crippen LogP contribution in [0.5, 0.6) is 11.5 Å². The van der Waals surface area contributed by atoms with Gasteiger partial charge in [-0.25, -0.2) is 0 Å². The number of carboxylic acid groups (broad SMARTS) is 1. The molecule has 2 aromatic carbocycles. The van der Waals surface area contributed by atoms with Gasteiger partial charge in [0.25, 0.3) is 0 Å². The lowest BCUT2D eigenvalue weighted by Crippen LogP contribution is -2.31. The molecule has 202 valence electrons. The Morgan fingerprint density at radius 3 is 2.55 bits per heavy atom. The van der Waals surface area contributed by atoms with Crippen molar-refractivity contribution in [2.45, 2.75) is 25.4 Å². The van der Waals surface area contributed by atoms with E-state index in [0.29, 0.717) is 56.8 Å². The number of nitrogens with zero attached hydrogens (tertiary/aromatic N) is 1. The first-order valence-corrected chi connectivity index (χ1v) is 12.7. The molecule has 0 atom stereocenters. The molecule has 2 N–H and O–H groups in total. The Hall–Kier alpha value is -3.57. The maximum Gasteiger partial charge on any atom is 0.425 e. The summed E-state index contributed by atoms with van der Waals surface area (Å²) >= 11 is 6.68. The second-order valence-electron chi connectivity index (χ2n) is 8.37. The van der Waals surface area contributed by atoms with Gasteiger partial charge in [0.15, 0.2) is 0 Å². The molecule has 1 aromatic heterocycles. The summed E-state index contributed by atoms with van der Waals surface area (Å²) < 4.78 is 50.9. The number of nitrogens with one attached hydrogen (secondary N) is 1. The van der Waals surface area contributed by atoms with E-state index >= 15 is 0 Å². The van der Waals surface area contributed by atoms with E-state index in [1.54, 1.807) is 42.5 Å². The van der Waals surface area contributed by atoms with E-state index in [4.69, 9.17) is 26.2 Å². The van der Waals surface area contributed by atoms with Crippen molar-refractivity contribution in [2.75, 3.05) is 30.5 Å². The third-order valence-corrected chi connectivity index (χ3v) is 7.18. The first kappa shape index (κ1) is 27.5. The van der Waals surface area contributed by atoms with Gasteiger partial charge in [0.1, 0.15) is 16.4 Å². The van der Waals surface area contributed by atoms with Crippen molar-refractivity contribution in [3.8, 4) is 11.5 Å². The molecule has 0 amide bonds. The van der Waals surface area contributed by atoms with E-state index < -0.39 is 22.9 Å². The molecule has 1 aliphatic rings. The number of benzene rings is 2. The first-order valence-electron chi connectivity index (χ1n) is 11.5. The average Bonchev–Trinajstić information content (AvgIpc) is 3.47. The quantitative estimate of drug-likeness (QED) is 0.235. The largest absolute Gasteiger partial charge is 0.859 e. The molecule has 0 saturated carbocycles. The second-order valence-corrected chi connectivity index (χ2v) is 9.95. The molecular formula is C26H23ClF3N2O5S-. The Balaban J connectivity index is 1.69. The number of hydrogen-bond donors (Lipinski definition) is 2. The highest BCUT2D eigenvalue weighted by Gasteiger charge is 2.36. The maximum absolute atomic E-state index is 13.8. The van der Waals surface area contributed by atoms with E-state index in [-0.39, 0.29) is 31.0 Å². The van der Waals surface area contributed by atoms with Crippen LogP contribution in [0.15, 0.2) is 54.4 Å². The lowest BCUT2D eigenvalue weighted by Gasteiger charge is -2.31. The zero-order valence-corrected chi connectivity index (χ0v) is 21.7. The minimum atomic E-state index is -4.49. The molecule has 0 spiro atoms. The molecule has 38 heavy (non-hydrogen) atoms. The molecule has 7 nitrogen and oxygen atoms in total. The van der Waals surface area contributed by atoms with Gasteiger partial charge >= 0.3 is 12.1 Å². The van der Waals surface area contributed by atoms with Crippen LogP contribution >= 0.6 is 22.9 Å². The number of carbonyl (C=O) groups is 1. The average molecular weight is 568 g/mol. The number of aliphatic carboxylic acids is 1. The summed E-state index contributed by atoms with van der Waals surface area (Å²) in [4.78, 5) is 11.8. The van der Waals surface area contributed by atoms with E-state index in [1.165, 1.54) is 12.0 Å². The lowest BCUT2D eigenvalue weighted by molar-refractivity contribution is -0.303. The number of methoxy groups -OCH3 is 1. The lowest BCUT2D eigenvalue weighted by atomic mass is 10.1. The fourth-order valence-electron chi connectivity index (χ4n) is 3.91. The standard InChI is InChI=1S/C26H24ClF3N2O5S/c1-36-18-11-17(12-19(13-18)37-10-2-3-23(33)34)31-24(15-4-6-16(27)7-5-15)25(35)32-9-8-21-20(32)14-22(38-21)26(28,29)30/h4-7,11-14,31,35H,2-3,8-10H2,1H3,(H,33,34)/p-1/b25-24+. The second kappa shape index (κ2) is 11.4. The Kier molecular flexibility index (Phi) is 8.27. The summed E-state index contributed by atoms with van der Waals surface area (Å²) in [6.45, 7) is 0.398. The number of thiophene rings is 1. The van der Waals surface area contributed by atoms with Crippen molar-refractivity contribution >= 4 is 46.0 Å². The predicted octanol–water partition coefficient (Wildman–Crippen LogP) is 5.83. The highest BCUT2D eigenvalue weighted by molar-refractivity contribution is 7.12. The third kappa shape index (κ3) is 6.46. The molecule has 0 aliphatic carbocycles. The molecule has 3 aromatic rings. The summed E-state index contributed by atoms with van der Waals surface area (Å²) in [7, 11) is 1.46. The van der Waals surface area contributed by atoms with Crippen LogP contribution in [0.25, 0.3) is 5.70 Å². The number of fused-ring (bicyclic) bond motifs is 1. The van der Waals surface area contributed by atoms with Gasteiger partial charge in [-0.2, -0.15) is 13.2 Å². The van der Waals surface area contributed by atoms with Crippen molar-refractivity contribution in [1.29, 1.82) is 0 Å². The molecule has 0 fully saturated rings. The minimum Gasteiger partial charge on any atom is -0.859 e. The molecule has 1 aliphatic heterocycles. The first-order chi connectivity index (χ1) is 18.0. The number of anilines is 2. The molecule has 0 bridgehead atoms. The number of carboxylic acids is 1. The van der Waals surface area contributed by atoms with Crippen LogP contribution in [0.4, 0.5) is 24.5 Å². The Morgan fingerprint density at radius 1 is 1.18 bits per heavy atom. The van der Waals surface area contributed by atoms with E-state index in [2.05, 4.69) is 5.32 Å². The summed E-state index contributed by atoms with van der Waals surface area (Å²) in [6.07, 6.45) is -3.92. The molecular weight excluding hydrogens is 545 g/mol. The SMILES string of the molecule is COc1cc(N/C(=C(/[O-])N2CCc3sc(C(F)(F)F)cc32)c2ccc(Cl)cc2)cc(OCCCC(=O)O)c1. The molecule has 2 heterocycles. The zero-order chi connectivity index (χ0) is 27.4. The van der Waals surface area contributed by atoms with Gasteiger partial charge in [0.05, 0.1) is 25.1 Å². The van der Waals surface area contributed by atoms with Crippen LogP contribution in [-0.2, 0) is 17.4 Å². The van der Waals surface area contributed by atoms with Crippen molar-refractivity contribution in [2.24, 2.45) is 0 Å². The van der Waals surface area contributed by atoms with Crippen molar-refractivity contribution in [3.63, 3.8) is 0 Å². The van der Waals surface area contributed by atoms with Crippen molar-refractivity contribution in [1.82, 2.24) is 0 Å². The molecule has 0 unspecified atom stereocenters. The fraction of sp³-hybridized carbons (Fsp3) is 0.269. The van der Waals surface area contributed by atoms with E-state index in [0.717, 1.165) is 6.07 Å². The van der Waals surface area contributed by atoms with Gasteiger partial charge in [-0.15, -0.1) is 11.3 Å². The number of alkyl halides is 3. The highest BCUT2D eigenvalue weighted by Crippen LogP contribution is 2.44. The summed E-state index contributed by atoms with van der Waals surface area (Å²) in [5.41, 5.74) is 1.27. The maximum atomic E-state index is 13.8. The van der Waals surface area contributed by atoms with E-state index in [1.807, 2.05) is 0 Å². The summed E-state index contributed by atoms with van der Waals surface area (Å²) in [5, 5.41) is 26.1. The van der Waals surface area contributed by atoms with Gasteiger partial charge in [0.2, 0.25) is 0 Å². The van der Waals surface area contributed by atoms with Crippen LogP contribution in [0.3, 0.4) is 0 Å². The van der Waals surface area contributed by atoms with Crippen LogP contribution < -0.4 is 24.8 Å². The van der Waals surface area contributed by atoms with Crippen LogP contribution in [0, 0.1) is 0 Å². The molecule has 4 rings (SSSR count).